The van der Waals surface area contributed by atoms with Gasteiger partial charge >= 0.3 is 0 Å². The Bertz CT molecular complexity index is 1240. The summed E-state index contributed by atoms with van der Waals surface area (Å²) in [6.45, 7) is 0.552. The van der Waals surface area contributed by atoms with Gasteiger partial charge in [-0.1, -0.05) is 24.3 Å². The van der Waals surface area contributed by atoms with Gasteiger partial charge in [0, 0.05) is 56.4 Å². The standard InChI is InChI=1S/C23H21F2N7O/c1-31-12-17(11-28-31)29-21-27-9-6-19(30-21)15-2-4-16(5-3-15)22(7-8-26)13-32(14-22)20(33)18-10-23(18,24)25/h2-6,9,11-12,18H,7,10,13-14H2,1H3,(H,27,29,30). The first-order valence-electron chi connectivity index (χ1n) is 10.5. The summed E-state index contributed by atoms with van der Waals surface area (Å²) in [5.74, 6) is -4.16. The van der Waals surface area contributed by atoms with Crippen molar-refractivity contribution in [1.29, 1.82) is 5.26 Å². The van der Waals surface area contributed by atoms with Gasteiger partial charge in [-0.2, -0.15) is 10.4 Å². The number of aromatic nitrogens is 4. The Morgan fingerprint density at radius 2 is 2.00 bits per heavy atom. The molecule has 1 amide bonds. The number of hydrogen-bond donors (Lipinski definition) is 1. The van der Waals surface area contributed by atoms with Crippen molar-refractivity contribution in [3.63, 3.8) is 0 Å². The van der Waals surface area contributed by atoms with E-state index in [1.807, 2.05) is 37.5 Å². The number of amides is 1. The van der Waals surface area contributed by atoms with Gasteiger partial charge in [-0.15, -0.1) is 0 Å². The van der Waals surface area contributed by atoms with Crippen molar-refractivity contribution in [1.82, 2.24) is 24.6 Å². The SMILES string of the molecule is Cn1cc(Nc2nccc(-c3ccc(C4(CC#N)CN(C(=O)C5CC5(F)F)C4)cc3)n2)cn1. The highest BCUT2D eigenvalue weighted by atomic mass is 19.3. The Morgan fingerprint density at radius 1 is 1.27 bits per heavy atom. The minimum Gasteiger partial charge on any atom is -0.340 e. The normalized spacial score (nSPS) is 19.9. The van der Waals surface area contributed by atoms with Gasteiger partial charge in [-0.3, -0.25) is 9.48 Å². The molecule has 168 valence electrons. The molecule has 1 aromatic carbocycles. The zero-order chi connectivity index (χ0) is 23.2. The second-order valence-corrected chi connectivity index (χ2v) is 8.70. The van der Waals surface area contributed by atoms with Gasteiger partial charge < -0.3 is 10.2 Å². The van der Waals surface area contributed by atoms with Crippen LogP contribution < -0.4 is 5.32 Å². The maximum atomic E-state index is 13.3. The van der Waals surface area contributed by atoms with Gasteiger partial charge in [0.15, 0.2) is 0 Å². The number of nitriles is 1. The lowest BCUT2D eigenvalue weighted by atomic mass is 9.71. The van der Waals surface area contributed by atoms with Crippen LogP contribution in [0.4, 0.5) is 20.4 Å². The third-order valence-corrected chi connectivity index (χ3v) is 6.25. The maximum Gasteiger partial charge on any atom is 0.260 e. The Hall–Kier alpha value is -3.87. The average molecular weight is 449 g/mol. The van der Waals surface area contributed by atoms with Gasteiger partial charge in [-0.05, 0) is 11.6 Å². The smallest absolute Gasteiger partial charge is 0.260 e. The molecule has 2 fully saturated rings. The monoisotopic (exact) mass is 449 g/mol. The predicted octanol–water partition coefficient (Wildman–Crippen LogP) is 3.27. The number of rotatable bonds is 6. The minimum absolute atomic E-state index is 0.212. The van der Waals surface area contributed by atoms with Crippen molar-refractivity contribution < 1.29 is 13.6 Å². The van der Waals surface area contributed by atoms with Crippen molar-refractivity contribution in [3.8, 4) is 17.3 Å². The fourth-order valence-electron chi connectivity index (χ4n) is 4.28. The number of nitrogens with one attached hydrogen (secondary N) is 1. The fourth-order valence-corrected chi connectivity index (χ4v) is 4.28. The molecule has 1 N–H and O–H groups in total. The second kappa shape index (κ2) is 7.62. The molecule has 1 unspecified atom stereocenters. The van der Waals surface area contributed by atoms with E-state index in [1.54, 1.807) is 23.1 Å². The fraction of sp³-hybridized carbons (Fsp3) is 0.348. The Morgan fingerprint density at radius 3 is 2.61 bits per heavy atom. The van der Waals surface area contributed by atoms with Crippen LogP contribution in [-0.4, -0.2) is 49.6 Å². The molecule has 0 bridgehead atoms. The molecule has 33 heavy (non-hydrogen) atoms. The molecule has 1 atom stereocenters. The number of carbonyl (C=O) groups excluding carboxylic acids is 1. The molecular formula is C23H21F2N7O. The van der Waals surface area contributed by atoms with Crippen molar-refractivity contribution >= 4 is 17.5 Å². The molecule has 1 saturated heterocycles. The maximum absolute atomic E-state index is 13.3. The van der Waals surface area contributed by atoms with E-state index in [1.165, 1.54) is 4.90 Å². The lowest BCUT2D eigenvalue weighted by molar-refractivity contribution is -0.142. The van der Waals surface area contributed by atoms with E-state index < -0.39 is 23.2 Å². The zero-order valence-electron chi connectivity index (χ0n) is 17.9. The van der Waals surface area contributed by atoms with Crippen LogP contribution in [0, 0.1) is 17.2 Å². The summed E-state index contributed by atoms with van der Waals surface area (Å²) in [5.41, 5.74) is 2.73. The van der Waals surface area contributed by atoms with Crippen LogP contribution in [0.1, 0.15) is 18.4 Å². The van der Waals surface area contributed by atoms with Crippen LogP contribution >= 0.6 is 0 Å². The minimum atomic E-state index is -2.88. The third-order valence-electron chi connectivity index (χ3n) is 6.25. The summed E-state index contributed by atoms with van der Waals surface area (Å²) in [4.78, 5) is 22.5. The summed E-state index contributed by atoms with van der Waals surface area (Å²) in [7, 11) is 1.82. The van der Waals surface area contributed by atoms with Crippen LogP contribution in [0.2, 0.25) is 0 Å². The molecule has 8 nitrogen and oxygen atoms in total. The van der Waals surface area contributed by atoms with Crippen molar-refractivity contribution in [2.24, 2.45) is 13.0 Å². The molecule has 0 spiro atoms. The molecule has 3 aromatic rings. The number of halogens is 2. The topological polar surface area (TPSA) is 99.7 Å². The Kier molecular flexibility index (Phi) is 4.85. The highest BCUT2D eigenvalue weighted by molar-refractivity contribution is 5.84. The number of benzene rings is 1. The molecule has 1 aliphatic carbocycles. The number of carbonyl (C=O) groups is 1. The first-order valence-corrected chi connectivity index (χ1v) is 10.5. The van der Waals surface area contributed by atoms with Crippen molar-refractivity contribution in [2.45, 2.75) is 24.2 Å². The summed E-state index contributed by atoms with van der Waals surface area (Å²) in [6.07, 6.45) is 4.99. The summed E-state index contributed by atoms with van der Waals surface area (Å²) < 4.78 is 28.2. The zero-order valence-corrected chi connectivity index (χ0v) is 17.9. The largest absolute Gasteiger partial charge is 0.340 e. The molecule has 3 heterocycles. The predicted molar refractivity (Wildman–Crippen MR) is 116 cm³/mol. The highest BCUT2D eigenvalue weighted by Crippen LogP contribution is 2.51. The molecule has 1 saturated carbocycles. The van der Waals surface area contributed by atoms with E-state index in [2.05, 4.69) is 26.5 Å². The van der Waals surface area contributed by atoms with E-state index >= 15 is 0 Å². The molecule has 0 radical (unpaired) electrons. The molecule has 10 heteroatoms. The molecular weight excluding hydrogens is 428 g/mol. The van der Waals surface area contributed by atoms with E-state index in [0.29, 0.717) is 5.95 Å². The van der Waals surface area contributed by atoms with E-state index in [-0.39, 0.29) is 25.9 Å². The number of anilines is 2. The second-order valence-electron chi connectivity index (χ2n) is 8.70. The quantitative estimate of drug-likeness (QED) is 0.620. The number of aryl methyl sites for hydroxylation is 1. The first kappa shape index (κ1) is 21.0. The van der Waals surface area contributed by atoms with Crippen molar-refractivity contribution in [2.75, 3.05) is 18.4 Å². The Balaban J connectivity index is 1.31. The van der Waals surface area contributed by atoms with Crippen LogP contribution in [0.25, 0.3) is 11.3 Å². The van der Waals surface area contributed by atoms with Crippen molar-refractivity contribution in [3.05, 3.63) is 54.5 Å². The van der Waals surface area contributed by atoms with E-state index in [9.17, 15) is 18.8 Å². The molecule has 2 aromatic heterocycles. The Labute approximate surface area is 188 Å². The van der Waals surface area contributed by atoms with E-state index in [0.717, 1.165) is 22.5 Å². The van der Waals surface area contributed by atoms with Crippen LogP contribution in [0.15, 0.2) is 48.9 Å². The number of likely N-dealkylation sites (tertiary alicyclic amines) is 1. The molecule has 2 aliphatic rings. The average Bonchev–Trinajstić information content (AvgIpc) is 3.22. The lowest BCUT2D eigenvalue weighted by Gasteiger charge is -2.49. The lowest BCUT2D eigenvalue weighted by Crippen LogP contribution is -2.61. The summed E-state index contributed by atoms with van der Waals surface area (Å²) in [5, 5.41) is 16.6. The molecule has 1 aliphatic heterocycles. The first-order chi connectivity index (χ1) is 15.8. The highest BCUT2D eigenvalue weighted by Gasteiger charge is 2.64. The van der Waals surface area contributed by atoms with Gasteiger partial charge in [0.2, 0.25) is 11.9 Å². The van der Waals surface area contributed by atoms with Crippen LogP contribution in [-0.2, 0) is 17.3 Å². The summed E-state index contributed by atoms with van der Waals surface area (Å²) >= 11 is 0. The summed E-state index contributed by atoms with van der Waals surface area (Å²) in [6, 6.07) is 11.6. The van der Waals surface area contributed by atoms with E-state index in [4.69, 9.17) is 0 Å². The molecule has 5 rings (SSSR count). The van der Waals surface area contributed by atoms with Crippen LogP contribution in [0.5, 0.6) is 0 Å². The van der Waals surface area contributed by atoms with Gasteiger partial charge in [-0.25, -0.2) is 18.7 Å². The number of hydrogen-bond acceptors (Lipinski definition) is 6. The number of alkyl halides is 2. The van der Waals surface area contributed by atoms with Gasteiger partial charge in [0.05, 0.1) is 23.6 Å². The van der Waals surface area contributed by atoms with Gasteiger partial charge in [0.25, 0.3) is 5.92 Å². The van der Waals surface area contributed by atoms with Gasteiger partial charge in [0.1, 0.15) is 5.92 Å². The third kappa shape index (κ3) is 3.91. The van der Waals surface area contributed by atoms with Crippen LogP contribution in [0.3, 0.4) is 0 Å². The number of nitrogens with zero attached hydrogens (tertiary/aromatic N) is 6.